The zero-order valence-electron chi connectivity index (χ0n) is 19.3. The number of esters is 1. The van der Waals surface area contributed by atoms with Crippen molar-refractivity contribution in [1.29, 1.82) is 0 Å². The molecule has 0 aliphatic carbocycles. The SMILES string of the molecule is COc1ccccc1Oc1ccc(N2C[C@@H](C(=O)OCC(=O)c3cccc([N+](=O)[O-])c3)CC2=O)cc1. The van der Waals surface area contributed by atoms with Crippen LogP contribution in [-0.2, 0) is 14.3 Å². The van der Waals surface area contributed by atoms with Crippen LogP contribution in [0, 0.1) is 16.0 Å². The Hall–Kier alpha value is -4.73. The molecule has 0 saturated carbocycles. The molecule has 1 saturated heterocycles. The number of benzene rings is 3. The zero-order chi connectivity index (χ0) is 25.7. The van der Waals surface area contributed by atoms with Gasteiger partial charge in [-0.05, 0) is 36.4 Å². The number of hydrogen-bond acceptors (Lipinski definition) is 8. The maximum atomic E-state index is 12.5. The molecule has 0 aromatic heterocycles. The number of carbonyl (C=O) groups is 3. The van der Waals surface area contributed by atoms with E-state index >= 15 is 0 Å². The molecule has 10 nitrogen and oxygen atoms in total. The summed E-state index contributed by atoms with van der Waals surface area (Å²) in [6.45, 7) is -0.463. The van der Waals surface area contributed by atoms with Gasteiger partial charge in [-0.2, -0.15) is 0 Å². The third-order valence-electron chi connectivity index (χ3n) is 5.63. The van der Waals surface area contributed by atoms with E-state index in [1.807, 2.05) is 12.1 Å². The van der Waals surface area contributed by atoms with E-state index in [-0.39, 0.29) is 30.1 Å². The van der Waals surface area contributed by atoms with E-state index in [2.05, 4.69) is 0 Å². The third kappa shape index (κ3) is 5.49. The highest BCUT2D eigenvalue weighted by Gasteiger charge is 2.36. The molecule has 0 unspecified atom stereocenters. The van der Waals surface area contributed by atoms with Crippen molar-refractivity contribution in [3.8, 4) is 17.2 Å². The number of hydrogen-bond donors (Lipinski definition) is 0. The summed E-state index contributed by atoms with van der Waals surface area (Å²) in [7, 11) is 1.55. The van der Waals surface area contributed by atoms with Crippen molar-refractivity contribution in [1.82, 2.24) is 0 Å². The number of nitrogens with zero attached hydrogens (tertiary/aromatic N) is 2. The molecule has 1 atom stereocenters. The number of nitro benzene ring substituents is 1. The molecular weight excluding hydrogens is 468 g/mol. The standard InChI is InChI=1S/C26H22N2O8/c1-34-23-7-2-3-8-24(23)36-21-11-9-19(10-12-21)27-15-18(14-25(27)30)26(31)35-16-22(29)17-5-4-6-20(13-17)28(32)33/h2-13,18H,14-16H2,1H3/t18-/m0/s1. The molecule has 0 bridgehead atoms. The lowest BCUT2D eigenvalue weighted by Gasteiger charge is -2.17. The highest BCUT2D eigenvalue weighted by atomic mass is 16.6. The van der Waals surface area contributed by atoms with E-state index in [0.29, 0.717) is 22.9 Å². The van der Waals surface area contributed by atoms with Gasteiger partial charge in [-0.1, -0.05) is 24.3 Å². The zero-order valence-corrected chi connectivity index (χ0v) is 19.3. The first-order valence-corrected chi connectivity index (χ1v) is 11.0. The van der Waals surface area contributed by atoms with Gasteiger partial charge in [0.2, 0.25) is 11.7 Å². The summed E-state index contributed by atoms with van der Waals surface area (Å²) >= 11 is 0. The summed E-state index contributed by atoms with van der Waals surface area (Å²) in [5, 5.41) is 10.9. The molecule has 0 N–H and O–H groups in total. The number of carbonyl (C=O) groups excluding carboxylic acids is 3. The molecule has 184 valence electrons. The van der Waals surface area contributed by atoms with Gasteiger partial charge in [-0.25, -0.2) is 0 Å². The van der Waals surface area contributed by atoms with Crippen LogP contribution in [0.25, 0.3) is 0 Å². The Kier molecular flexibility index (Phi) is 7.24. The minimum absolute atomic E-state index is 0.0523. The predicted molar refractivity (Wildman–Crippen MR) is 128 cm³/mol. The summed E-state index contributed by atoms with van der Waals surface area (Å²) in [5.74, 6) is -0.556. The lowest BCUT2D eigenvalue weighted by molar-refractivity contribution is -0.384. The topological polar surface area (TPSA) is 125 Å². The second-order valence-corrected chi connectivity index (χ2v) is 7.99. The maximum absolute atomic E-state index is 12.5. The van der Waals surface area contributed by atoms with Crippen molar-refractivity contribution in [2.24, 2.45) is 5.92 Å². The minimum Gasteiger partial charge on any atom is -0.493 e. The van der Waals surface area contributed by atoms with Gasteiger partial charge in [0, 0.05) is 36.3 Å². The van der Waals surface area contributed by atoms with E-state index in [9.17, 15) is 24.5 Å². The molecule has 3 aromatic carbocycles. The van der Waals surface area contributed by atoms with Crippen molar-refractivity contribution in [2.75, 3.05) is 25.2 Å². The van der Waals surface area contributed by atoms with Crippen molar-refractivity contribution in [3.63, 3.8) is 0 Å². The second-order valence-electron chi connectivity index (χ2n) is 7.99. The molecule has 4 rings (SSSR count). The Morgan fingerprint density at radius 2 is 1.75 bits per heavy atom. The van der Waals surface area contributed by atoms with Crippen LogP contribution in [0.1, 0.15) is 16.8 Å². The van der Waals surface area contributed by atoms with E-state index in [1.165, 1.54) is 23.1 Å². The van der Waals surface area contributed by atoms with Gasteiger partial charge in [0.05, 0.1) is 18.0 Å². The Labute approximate surface area is 206 Å². The molecule has 36 heavy (non-hydrogen) atoms. The molecule has 0 spiro atoms. The van der Waals surface area contributed by atoms with Crippen LogP contribution in [0.2, 0.25) is 0 Å². The molecule has 1 heterocycles. The fourth-order valence-corrected chi connectivity index (χ4v) is 3.77. The smallest absolute Gasteiger partial charge is 0.311 e. The van der Waals surface area contributed by atoms with Crippen LogP contribution in [0.15, 0.2) is 72.8 Å². The van der Waals surface area contributed by atoms with E-state index in [1.54, 1.807) is 43.5 Å². The second kappa shape index (κ2) is 10.7. The average molecular weight is 490 g/mol. The van der Waals surface area contributed by atoms with Crippen LogP contribution in [0.4, 0.5) is 11.4 Å². The Morgan fingerprint density at radius 3 is 2.44 bits per heavy atom. The number of para-hydroxylation sites is 2. The van der Waals surface area contributed by atoms with Gasteiger partial charge in [0.1, 0.15) is 5.75 Å². The van der Waals surface area contributed by atoms with Gasteiger partial charge in [-0.3, -0.25) is 24.5 Å². The molecule has 1 fully saturated rings. The van der Waals surface area contributed by atoms with Crippen molar-refractivity contribution < 1.29 is 33.5 Å². The van der Waals surface area contributed by atoms with Gasteiger partial charge < -0.3 is 19.1 Å². The van der Waals surface area contributed by atoms with Crippen molar-refractivity contribution in [2.45, 2.75) is 6.42 Å². The molecule has 3 aromatic rings. The van der Waals surface area contributed by atoms with Gasteiger partial charge in [0.25, 0.3) is 5.69 Å². The fourth-order valence-electron chi connectivity index (χ4n) is 3.77. The number of methoxy groups -OCH3 is 1. The number of anilines is 1. The lowest BCUT2D eigenvalue weighted by atomic mass is 10.1. The number of amides is 1. The number of non-ortho nitro benzene ring substituents is 1. The summed E-state index contributed by atoms with van der Waals surface area (Å²) < 4.78 is 16.2. The highest BCUT2D eigenvalue weighted by molar-refractivity contribution is 6.01. The summed E-state index contributed by atoms with van der Waals surface area (Å²) in [5.41, 5.74) is 0.426. The molecule has 1 aliphatic rings. The quantitative estimate of drug-likeness (QED) is 0.189. The fraction of sp³-hybridized carbons (Fsp3) is 0.192. The first-order chi connectivity index (χ1) is 17.4. The number of nitro groups is 1. The third-order valence-corrected chi connectivity index (χ3v) is 5.63. The van der Waals surface area contributed by atoms with Crippen molar-refractivity contribution in [3.05, 3.63) is 88.5 Å². The van der Waals surface area contributed by atoms with E-state index in [4.69, 9.17) is 14.2 Å². The minimum atomic E-state index is -0.736. The van der Waals surface area contributed by atoms with Crippen LogP contribution < -0.4 is 14.4 Å². The van der Waals surface area contributed by atoms with Crippen LogP contribution in [0.3, 0.4) is 0 Å². The Morgan fingerprint density at radius 1 is 1.03 bits per heavy atom. The van der Waals surface area contributed by atoms with Gasteiger partial charge >= 0.3 is 5.97 Å². The van der Waals surface area contributed by atoms with Crippen LogP contribution in [-0.4, -0.2) is 42.8 Å². The lowest BCUT2D eigenvalue weighted by Crippen LogP contribution is -2.27. The number of ether oxygens (including phenoxy) is 3. The number of rotatable bonds is 9. The largest absolute Gasteiger partial charge is 0.493 e. The first kappa shape index (κ1) is 24.4. The molecule has 1 amide bonds. The van der Waals surface area contributed by atoms with Crippen molar-refractivity contribution >= 4 is 29.0 Å². The summed E-state index contributed by atoms with van der Waals surface area (Å²) in [6.07, 6.45) is -0.0523. The van der Waals surface area contributed by atoms with Gasteiger partial charge in [0.15, 0.2) is 18.1 Å². The molecule has 0 radical (unpaired) electrons. The van der Waals surface area contributed by atoms with Crippen LogP contribution in [0.5, 0.6) is 17.2 Å². The summed E-state index contributed by atoms with van der Waals surface area (Å²) in [6, 6.07) is 19.2. The average Bonchev–Trinajstić information content (AvgIpc) is 3.29. The molecule has 10 heteroatoms. The first-order valence-electron chi connectivity index (χ1n) is 11.0. The maximum Gasteiger partial charge on any atom is 0.311 e. The van der Waals surface area contributed by atoms with E-state index < -0.39 is 29.2 Å². The normalized spacial score (nSPS) is 14.9. The van der Waals surface area contributed by atoms with E-state index in [0.717, 1.165) is 6.07 Å². The van der Waals surface area contributed by atoms with Crippen LogP contribution >= 0.6 is 0 Å². The Balaban J connectivity index is 1.34. The highest BCUT2D eigenvalue weighted by Crippen LogP contribution is 2.33. The predicted octanol–water partition coefficient (Wildman–Crippen LogP) is 4.17. The van der Waals surface area contributed by atoms with Gasteiger partial charge in [-0.15, -0.1) is 0 Å². The number of Topliss-reactive ketones (excluding diaryl/α,β-unsaturated/α-hetero) is 1. The molecule has 1 aliphatic heterocycles. The number of ketones is 1. The monoisotopic (exact) mass is 490 g/mol. The summed E-state index contributed by atoms with van der Waals surface area (Å²) in [4.78, 5) is 49.1. The Bertz CT molecular complexity index is 1310. The molecular formula is C26H22N2O8.